The second-order valence-electron chi connectivity index (χ2n) is 8.25. The number of aliphatic hydroxyl groups excluding tert-OH is 1. The topological polar surface area (TPSA) is 92.5 Å². The number of methoxy groups -OCH3 is 2. The summed E-state index contributed by atoms with van der Waals surface area (Å²) >= 11 is 0. The van der Waals surface area contributed by atoms with E-state index in [0.29, 0.717) is 41.1 Å². The number of ketones is 1. The van der Waals surface area contributed by atoms with Crippen molar-refractivity contribution in [1.82, 2.24) is 9.80 Å². The number of hydrogen-bond acceptors (Lipinski definition) is 7. The Morgan fingerprint density at radius 3 is 2.43 bits per heavy atom. The van der Waals surface area contributed by atoms with Crippen LogP contribution in [0.3, 0.4) is 0 Å². The molecule has 8 heteroatoms. The molecule has 4 rings (SSSR count). The molecule has 1 N–H and O–H groups in total. The Balaban J connectivity index is 1.80. The zero-order valence-corrected chi connectivity index (χ0v) is 20.4. The maximum Gasteiger partial charge on any atom is 0.290 e. The molecule has 0 saturated heterocycles. The number of amides is 1. The molecule has 1 aliphatic rings. The number of hydrogen-bond donors (Lipinski definition) is 1. The predicted octanol–water partition coefficient (Wildman–Crippen LogP) is 4.37. The summed E-state index contributed by atoms with van der Waals surface area (Å²) in [6, 6.07) is 13.3. The maximum atomic E-state index is 13.8. The van der Waals surface area contributed by atoms with Crippen LogP contribution in [0.2, 0.25) is 0 Å². The number of rotatable bonds is 10. The highest BCUT2D eigenvalue weighted by Gasteiger charge is 2.45. The van der Waals surface area contributed by atoms with Gasteiger partial charge in [-0.05, 0) is 31.3 Å². The molecule has 0 bridgehead atoms. The van der Waals surface area contributed by atoms with E-state index in [9.17, 15) is 14.7 Å². The fourth-order valence-corrected chi connectivity index (χ4v) is 4.56. The van der Waals surface area contributed by atoms with Gasteiger partial charge in [-0.1, -0.05) is 44.2 Å². The molecule has 0 fully saturated rings. The Morgan fingerprint density at radius 1 is 1.06 bits per heavy atom. The lowest BCUT2D eigenvalue weighted by atomic mass is 9.94. The zero-order valence-electron chi connectivity index (χ0n) is 20.4. The Labute approximate surface area is 204 Å². The Hall–Kier alpha value is -3.78. The van der Waals surface area contributed by atoms with Crippen LogP contribution in [0.15, 0.2) is 64.3 Å². The lowest BCUT2D eigenvalue weighted by Gasteiger charge is -2.30. The van der Waals surface area contributed by atoms with Crippen molar-refractivity contribution in [3.63, 3.8) is 0 Å². The molecular formula is C27H30N2O6. The van der Waals surface area contributed by atoms with Crippen LogP contribution in [0, 0.1) is 0 Å². The van der Waals surface area contributed by atoms with E-state index < -0.39 is 23.5 Å². The molecule has 0 radical (unpaired) electrons. The van der Waals surface area contributed by atoms with Crippen molar-refractivity contribution in [2.45, 2.75) is 19.9 Å². The van der Waals surface area contributed by atoms with Gasteiger partial charge in [-0.25, -0.2) is 0 Å². The first kappa shape index (κ1) is 24.3. The first-order valence-corrected chi connectivity index (χ1v) is 11.7. The number of carbonyl (C=O) groups excluding carboxylic acids is 2. The minimum Gasteiger partial charge on any atom is -0.503 e. The van der Waals surface area contributed by atoms with Crippen LogP contribution < -0.4 is 9.47 Å². The number of Topliss-reactive ketones (excluding diaryl/α,β-unsaturated/α-hetero) is 1. The minimum absolute atomic E-state index is 0.0179. The molecular weight excluding hydrogens is 448 g/mol. The summed E-state index contributed by atoms with van der Waals surface area (Å²) in [5, 5.41) is 11.6. The fraction of sp³-hybridized carbons (Fsp3) is 0.333. The van der Waals surface area contributed by atoms with Crippen LogP contribution in [0.4, 0.5) is 0 Å². The van der Waals surface area contributed by atoms with Crippen molar-refractivity contribution < 1.29 is 28.6 Å². The molecule has 3 aromatic rings. The van der Waals surface area contributed by atoms with Crippen LogP contribution in [0.5, 0.6) is 11.5 Å². The molecule has 1 amide bonds. The lowest BCUT2D eigenvalue weighted by Crippen LogP contribution is -2.38. The van der Waals surface area contributed by atoms with Gasteiger partial charge >= 0.3 is 0 Å². The summed E-state index contributed by atoms with van der Waals surface area (Å²) < 4.78 is 16.8. The Morgan fingerprint density at radius 2 is 1.74 bits per heavy atom. The molecule has 2 aromatic carbocycles. The minimum atomic E-state index is -0.822. The van der Waals surface area contributed by atoms with Crippen molar-refractivity contribution in [2.75, 3.05) is 40.4 Å². The van der Waals surface area contributed by atoms with Gasteiger partial charge in [0.2, 0.25) is 5.78 Å². The highest BCUT2D eigenvalue weighted by atomic mass is 16.5. The van der Waals surface area contributed by atoms with Gasteiger partial charge in [-0.3, -0.25) is 9.59 Å². The van der Waals surface area contributed by atoms with Gasteiger partial charge in [0.25, 0.3) is 5.91 Å². The third-order valence-corrected chi connectivity index (χ3v) is 6.49. The molecule has 1 aliphatic heterocycles. The molecule has 184 valence electrons. The fourth-order valence-electron chi connectivity index (χ4n) is 4.56. The van der Waals surface area contributed by atoms with E-state index in [4.69, 9.17) is 13.9 Å². The average molecular weight is 479 g/mol. The van der Waals surface area contributed by atoms with E-state index in [-0.39, 0.29) is 11.3 Å². The smallest absolute Gasteiger partial charge is 0.290 e. The van der Waals surface area contributed by atoms with Crippen molar-refractivity contribution in [2.24, 2.45) is 0 Å². The first-order chi connectivity index (χ1) is 16.9. The lowest BCUT2D eigenvalue weighted by molar-refractivity contribution is -0.129. The van der Waals surface area contributed by atoms with Crippen molar-refractivity contribution >= 4 is 22.7 Å². The molecule has 35 heavy (non-hydrogen) atoms. The van der Waals surface area contributed by atoms with Crippen LogP contribution >= 0.6 is 0 Å². The highest BCUT2D eigenvalue weighted by Crippen LogP contribution is 2.43. The summed E-state index contributed by atoms with van der Waals surface area (Å²) in [6.07, 6.45) is 0. The molecule has 0 saturated carbocycles. The van der Waals surface area contributed by atoms with Gasteiger partial charge in [0.1, 0.15) is 5.75 Å². The number of fused-ring (bicyclic) bond motifs is 1. The summed E-state index contributed by atoms with van der Waals surface area (Å²) in [4.78, 5) is 30.7. The zero-order chi connectivity index (χ0) is 25.1. The molecule has 2 heterocycles. The molecule has 1 atom stereocenters. The van der Waals surface area contributed by atoms with Crippen LogP contribution in [-0.2, 0) is 4.79 Å². The van der Waals surface area contributed by atoms with Gasteiger partial charge in [0, 0.05) is 24.0 Å². The van der Waals surface area contributed by atoms with Crippen LogP contribution in [0.25, 0.3) is 11.0 Å². The third kappa shape index (κ3) is 4.37. The average Bonchev–Trinajstić information content (AvgIpc) is 3.43. The summed E-state index contributed by atoms with van der Waals surface area (Å²) in [5.74, 6) is -0.698. The number of benzene rings is 2. The quantitative estimate of drug-likeness (QED) is 0.433. The number of likely N-dealkylation sites (N-methyl/N-ethyl adjacent to an activating group) is 1. The summed E-state index contributed by atoms with van der Waals surface area (Å²) in [7, 11) is 3.06. The van der Waals surface area contributed by atoms with Crippen molar-refractivity contribution in [3.05, 3.63) is 71.2 Å². The van der Waals surface area contributed by atoms with Gasteiger partial charge in [-0.15, -0.1) is 0 Å². The Bertz CT molecular complexity index is 1270. The molecule has 1 aromatic heterocycles. The van der Waals surface area contributed by atoms with Gasteiger partial charge in [-0.2, -0.15) is 0 Å². The number of carbonyl (C=O) groups is 2. The number of para-hydroxylation sites is 2. The van der Waals surface area contributed by atoms with E-state index >= 15 is 0 Å². The van der Waals surface area contributed by atoms with Gasteiger partial charge < -0.3 is 28.8 Å². The van der Waals surface area contributed by atoms with Crippen LogP contribution in [0.1, 0.15) is 36.0 Å². The summed E-state index contributed by atoms with van der Waals surface area (Å²) in [6.45, 7) is 6.67. The van der Waals surface area contributed by atoms with Crippen LogP contribution in [-0.4, -0.2) is 67.0 Å². The highest BCUT2D eigenvalue weighted by molar-refractivity contribution is 6.16. The third-order valence-electron chi connectivity index (χ3n) is 6.49. The van der Waals surface area contributed by atoms with Crippen molar-refractivity contribution in [3.8, 4) is 11.5 Å². The molecule has 0 aliphatic carbocycles. The second kappa shape index (κ2) is 10.2. The van der Waals surface area contributed by atoms with Gasteiger partial charge in [0.05, 0.1) is 25.8 Å². The normalized spacial score (nSPS) is 16.0. The molecule has 0 spiro atoms. The van der Waals surface area contributed by atoms with E-state index in [1.807, 2.05) is 26.0 Å². The monoisotopic (exact) mass is 478 g/mol. The SMILES string of the molecule is CCN(CC)CCN1C(=O)C(O)=C(C(=O)c2cc3cccc(OC)c3o2)[C@@H]1c1ccccc1OC. The number of ether oxygens (including phenoxy) is 2. The standard InChI is InChI=1S/C27H30N2O6/c1-5-28(6-2)14-15-29-23(18-11-7-8-12-19(18)33-3)22(25(31)27(29)32)24(30)21-16-17-10-9-13-20(34-4)26(17)35-21/h7-13,16,23,31H,5-6,14-15H2,1-4H3/t23-/m0/s1. The predicted molar refractivity (Wildman–Crippen MR) is 132 cm³/mol. The van der Waals surface area contributed by atoms with E-state index in [1.165, 1.54) is 19.1 Å². The Kier molecular flexibility index (Phi) is 7.12. The number of nitrogens with zero attached hydrogens (tertiary/aromatic N) is 2. The maximum absolute atomic E-state index is 13.8. The van der Waals surface area contributed by atoms with Crippen molar-refractivity contribution in [1.29, 1.82) is 0 Å². The number of aliphatic hydroxyl groups is 1. The molecule has 0 unspecified atom stereocenters. The first-order valence-electron chi connectivity index (χ1n) is 11.7. The largest absolute Gasteiger partial charge is 0.503 e. The number of furan rings is 1. The second-order valence-corrected chi connectivity index (χ2v) is 8.25. The molecule has 8 nitrogen and oxygen atoms in total. The summed E-state index contributed by atoms with van der Waals surface area (Å²) in [5.41, 5.74) is 1.01. The van der Waals surface area contributed by atoms with E-state index in [2.05, 4.69) is 4.90 Å². The van der Waals surface area contributed by atoms with E-state index in [0.717, 1.165) is 13.1 Å². The van der Waals surface area contributed by atoms with E-state index in [1.54, 1.807) is 36.4 Å². The van der Waals surface area contributed by atoms with Gasteiger partial charge in [0.15, 0.2) is 22.9 Å².